The van der Waals surface area contributed by atoms with Crippen molar-refractivity contribution >= 4 is 39.7 Å². The summed E-state index contributed by atoms with van der Waals surface area (Å²) in [6.07, 6.45) is 4.64. The molecule has 132 valence electrons. The lowest BCUT2D eigenvalue weighted by molar-refractivity contribution is 0.0945. The Morgan fingerprint density at radius 1 is 1.25 bits per heavy atom. The zero-order valence-electron chi connectivity index (χ0n) is 14.4. The highest BCUT2D eigenvalue weighted by Crippen LogP contribution is 2.43. The maximum atomic E-state index is 12.7. The highest BCUT2D eigenvalue weighted by atomic mass is 35.5. The number of amides is 1. The third-order valence-electron chi connectivity index (χ3n) is 4.85. The third kappa shape index (κ3) is 3.93. The molecule has 0 aliphatic heterocycles. The predicted octanol–water partition coefficient (Wildman–Crippen LogP) is 4.69. The second kappa shape index (κ2) is 8.32. The molecule has 0 saturated heterocycles. The van der Waals surface area contributed by atoms with Crippen LogP contribution in [0.25, 0.3) is 10.1 Å². The lowest BCUT2D eigenvalue weighted by atomic mass is 9.78. The van der Waals surface area contributed by atoms with E-state index in [1.165, 1.54) is 28.5 Å². The molecule has 1 saturated carbocycles. The zero-order valence-corrected chi connectivity index (χ0v) is 16.0. The molecule has 0 radical (unpaired) electrons. The second-order valence-corrected chi connectivity index (χ2v) is 7.97. The lowest BCUT2D eigenvalue weighted by Gasteiger charge is -2.28. The fourth-order valence-corrected chi connectivity index (χ4v) is 4.85. The van der Waals surface area contributed by atoms with Crippen LogP contribution in [0.4, 0.5) is 0 Å². The minimum Gasteiger partial charge on any atom is -0.349 e. The van der Waals surface area contributed by atoms with Gasteiger partial charge in [-0.3, -0.25) is 4.79 Å². The average molecular weight is 367 g/mol. The van der Waals surface area contributed by atoms with E-state index >= 15 is 0 Å². The smallest absolute Gasteiger partial charge is 0.261 e. The number of thiophene rings is 1. The van der Waals surface area contributed by atoms with Crippen LogP contribution in [0.1, 0.15) is 60.7 Å². The van der Waals surface area contributed by atoms with Gasteiger partial charge in [0.05, 0.1) is 4.88 Å². The molecule has 1 heterocycles. The Labute approximate surface area is 154 Å². The van der Waals surface area contributed by atoms with Crippen LogP contribution in [0.3, 0.4) is 0 Å². The van der Waals surface area contributed by atoms with Crippen LogP contribution in [-0.4, -0.2) is 18.5 Å². The number of hydrogen-bond donors (Lipinski definition) is 2. The highest BCUT2D eigenvalue weighted by molar-refractivity contribution is 7.21. The first-order chi connectivity index (χ1) is 11.1. The van der Waals surface area contributed by atoms with Gasteiger partial charge in [-0.05, 0) is 74.9 Å². The predicted molar refractivity (Wildman–Crippen MR) is 105 cm³/mol. The number of nitrogens with one attached hydrogen (secondary N) is 1. The van der Waals surface area contributed by atoms with Gasteiger partial charge in [-0.25, -0.2) is 0 Å². The summed E-state index contributed by atoms with van der Waals surface area (Å²) in [5.41, 5.74) is 7.11. The minimum absolute atomic E-state index is 0. The summed E-state index contributed by atoms with van der Waals surface area (Å²) in [7, 11) is 0. The summed E-state index contributed by atoms with van der Waals surface area (Å²) in [6, 6.07) is 8.59. The van der Waals surface area contributed by atoms with Crippen LogP contribution in [0, 0.1) is 5.92 Å². The molecule has 0 unspecified atom stereocenters. The van der Waals surface area contributed by atoms with Crippen molar-refractivity contribution in [1.29, 1.82) is 0 Å². The van der Waals surface area contributed by atoms with E-state index in [0.29, 0.717) is 11.8 Å². The number of fused-ring (bicyclic) bond motifs is 1. The van der Waals surface area contributed by atoms with Gasteiger partial charge >= 0.3 is 0 Å². The molecule has 3 N–H and O–H groups in total. The number of rotatable bonds is 4. The van der Waals surface area contributed by atoms with Gasteiger partial charge in [0.2, 0.25) is 0 Å². The summed E-state index contributed by atoms with van der Waals surface area (Å²) in [4.78, 5) is 13.6. The Hall–Kier alpha value is -1.10. The first-order valence-electron chi connectivity index (χ1n) is 8.62. The third-order valence-corrected chi connectivity index (χ3v) is 6.03. The molecular weight excluding hydrogens is 340 g/mol. The monoisotopic (exact) mass is 366 g/mol. The Kier molecular flexibility index (Phi) is 6.67. The molecule has 1 amide bonds. The summed E-state index contributed by atoms with van der Waals surface area (Å²) in [6.45, 7) is 4.81. The van der Waals surface area contributed by atoms with Gasteiger partial charge in [0, 0.05) is 10.7 Å². The number of benzene rings is 1. The van der Waals surface area contributed by atoms with Crippen molar-refractivity contribution in [2.24, 2.45) is 11.7 Å². The number of carbonyl (C=O) groups is 1. The van der Waals surface area contributed by atoms with Crippen molar-refractivity contribution in [3.63, 3.8) is 0 Å². The highest BCUT2D eigenvalue weighted by Gasteiger charge is 2.28. The van der Waals surface area contributed by atoms with Crippen molar-refractivity contribution in [3.8, 4) is 0 Å². The van der Waals surface area contributed by atoms with Crippen LogP contribution in [0.2, 0.25) is 0 Å². The number of nitrogens with two attached hydrogens (primary N) is 1. The molecule has 24 heavy (non-hydrogen) atoms. The second-order valence-electron chi connectivity index (χ2n) is 6.92. The summed E-state index contributed by atoms with van der Waals surface area (Å²) >= 11 is 1.64. The molecular formula is C19H27ClN2OS. The SMILES string of the molecule is CC(C)NC(=O)c1sc2ccccc2c1C1CCC(CN)CC1.Cl. The van der Waals surface area contributed by atoms with Crippen molar-refractivity contribution in [3.05, 3.63) is 34.7 Å². The van der Waals surface area contributed by atoms with Crippen LogP contribution in [0.5, 0.6) is 0 Å². The zero-order chi connectivity index (χ0) is 16.4. The fourth-order valence-electron chi connectivity index (χ4n) is 3.65. The minimum atomic E-state index is 0. The molecule has 0 spiro atoms. The summed E-state index contributed by atoms with van der Waals surface area (Å²) in [5, 5.41) is 4.34. The maximum Gasteiger partial charge on any atom is 0.261 e. The first-order valence-corrected chi connectivity index (χ1v) is 9.44. The Morgan fingerprint density at radius 2 is 1.92 bits per heavy atom. The lowest BCUT2D eigenvalue weighted by Crippen LogP contribution is -2.30. The van der Waals surface area contributed by atoms with Crippen LogP contribution >= 0.6 is 23.7 Å². The van der Waals surface area contributed by atoms with E-state index < -0.39 is 0 Å². The summed E-state index contributed by atoms with van der Waals surface area (Å²) in [5.74, 6) is 1.23. The van der Waals surface area contributed by atoms with Gasteiger partial charge in [-0.2, -0.15) is 0 Å². The molecule has 3 nitrogen and oxygen atoms in total. The molecule has 1 aliphatic carbocycles. The molecule has 2 aromatic rings. The fraction of sp³-hybridized carbons (Fsp3) is 0.526. The number of halogens is 1. The number of hydrogen-bond acceptors (Lipinski definition) is 3. The van der Waals surface area contributed by atoms with E-state index in [4.69, 9.17) is 5.73 Å². The molecule has 1 aromatic carbocycles. The molecule has 1 fully saturated rings. The largest absolute Gasteiger partial charge is 0.349 e. The quantitative estimate of drug-likeness (QED) is 0.824. The Balaban J connectivity index is 0.00000208. The molecule has 1 aromatic heterocycles. The van der Waals surface area contributed by atoms with Crippen LogP contribution in [-0.2, 0) is 0 Å². The average Bonchev–Trinajstić information content (AvgIpc) is 2.94. The van der Waals surface area contributed by atoms with E-state index in [0.717, 1.165) is 24.3 Å². The summed E-state index contributed by atoms with van der Waals surface area (Å²) < 4.78 is 1.22. The van der Waals surface area contributed by atoms with E-state index in [2.05, 4.69) is 29.6 Å². The topological polar surface area (TPSA) is 55.1 Å². The van der Waals surface area contributed by atoms with E-state index in [9.17, 15) is 4.79 Å². The first kappa shape index (κ1) is 19.2. The van der Waals surface area contributed by atoms with Crippen molar-refractivity contribution in [1.82, 2.24) is 5.32 Å². The number of carbonyl (C=O) groups excluding carboxylic acids is 1. The normalized spacial score (nSPS) is 20.8. The standard InChI is InChI=1S/C19H26N2OS.ClH/c1-12(2)21-19(22)18-17(14-9-7-13(11-20)8-10-14)15-5-3-4-6-16(15)23-18;/h3-6,12-14H,7-11,20H2,1-2H3,(H,21,22);1H. The van der Waals surface area contributed by atoms with Gasteiger partial charge in [0.25, 0.3) is 5.91 Å². The van der Waals surface area contributed by atoms with E-state index in [1.54, 1.807) is 11.3 Å². The van der Waals surface area contributed by atoms with E-state index in [-0.39, 0.29) is 24.4 Å². The van der Waals surface area contributed by atoms with Crippen molar-refractivity contribution < 1.29 is 4.79 Å². The van der Waals surface area contributed by atoms with Gasteiger partial charge in [0.15, 0.2) is 0 Å². The van der Waals surface area contributed by atoms with Crippen LogP contribution in [0.15, 0.2) is 24.3 Å². The molecule has 5 heteroatoms. The van der Waals surface area contributed by atoms with E-state index in [1.807, 2.05) is 13.8 Å². The van der Waals surface area contributed by atoms with Crippen LogP contribution < -0.4 is 11.1 Å². The Morgan fingerprint density at radius 3 is 2.54 bits per heavy atom. The van der Waals surface area contributed by atoms with Gasteiger partial charge in [0.1, 0.15) is 0 Å². The molecule has 3 rings (SSSR count). The van der Waals surface area contributed by atoms with Gasteiger partial charge in [-0.1, -0.05) is 18.2 Å². The van der Waals surface area contributed by atoms with Gasteiger partial charge < -0.3 is 11.1 Å². The molecule has 1 aliphatic rings. The maximum absolute atomic E-state index is 12.7. The molecule has 0 bridgehead atoms. The van der Waals surface area contributed by atoms with Gasteiger partial charge in [-0.15, -0.1) is 23.7 Å². The molecule has 0 atom stereocenters. The Bertz CT molecular complexity index is 690. The van der Waals surface area contributed by atoms with Crippen molar-refractivity contribution in [2.75, 3.05) is 6.54 Å². The van der Waals surface area contributed by atoms with Crippen molar-refractivity contribution in [2.45, 2.75) is 51.5 Å².